The molecule has 0 saturated heterocycles. The molecule has 0 radical (unpaired) electrons. The summed E-state index contributed by atoms with van der Waals surface area (Å²) in [6, 6.07) is 22.7. The first-order valence-corrected chi connectivity index (χ1v) is 16.8. The van der Waals surface area contributed by atoms with E-state index in [1.807, 2.05) is 48.6 Å². The van der Waals surface area contributed by atoms with Crippen molar-refractivity contribution in [2.24, 2.45) is 0 Å². The van der Waals surface area contributed by atoms with Crippen molar-refractivity contribution in [3.05, 3.63) is 108 Å². The quantitative estimate of drug-likeness (QED) is 0.0309. The topological polar surface area (TPSA) is 100 Å². The van der Waals surface area contributed by atoms with Gasteiger partial charge in [0.15, 0.2) is 6.20 Å². The van der Waals surface area contributed by atoms with Crippen LogP contribution < -0.4 is 9.47 Å². The average molecular weight is 624 g/mol. The van der Waals surface area contributed by atoms with E-state index in [2.05, 4.69) is 73.6 Å². The normalized spacial score (nSPS) is 14.7. The van der Waals surface area contributed by atoms with E-state index in [0.29, 0.717) is 18.7 Å². The number of hydrogen-bond donors (Lipinski definition) is 2. The Morgan fingerprint density at radius 1 is 0.952 bits per heavy atom. The molecule has 0 atom stereocenters. The zero-order chi connectivity index (χ0) is 29.4. The molecular formula is C31H31N2O6S3+. The first kappa shape index (κ1) is 30.3. The first-order chi connectivity index (χ1) is 20.4. The number of benzene rings is 3. The Hall–Kier alpha value is -3.16. The number of fused-ring (bicyclic) bond motifs is 4. The Morgan fingerprint density at radius 2 is 1.76 bits per heavy atom. The van der Waals surface area contributed by atoms with Crippen LogP contribution in [-0.4, -0.2) is 36.3 Å². The van der Waals surface area contributed by atoms with E-state index in [-0.39, 0.29) is 5.75 Å². The number of rotatable bonds is 13. The number of aromatic nitrogens is 1. The van der Waals surface area contributed by atoms with Gasteiger partial charge in [0.1, 0.15) is 6.54 Å². The smallest absolute Gasteiger partial charge is 0.264 e. The third-order valence-corrected chi connectivity index (χ3v) is 9.33. The number of hydrogen-bond acceptors (Lipinski definition) is 8. The second-order valence-corrected chi connectivity index (χ2v) is 13.0. The molecule has 1 aromatic heterocycles. The minimum Gasteiger partial charge on any atom is -0.334 e. The minimum absolute atomic E-state index is 0.281. The van der Waals surface area contributed by atoms with Crippen LogP contribution in [0.3, 0.4) is 0 Å². The van der Waals surface area contributed by atoms with Crippen molar-refractivity contribution in [1.29, 1.82) is 0 Å². The highest BCUT2D eigenvalue weighted by atomic mass is 32.2. The van der Waals surface area contributed by atoms with E-state index in [0.717, 1.165) is 67.9 Å². The van der Waals surface area contributed by atoms with Gasteiger partial charge in [0.2, 0.25) is 5.52 Å². The van der Waals surface area contributed by atoms with Crippen molar-refractivity contribution < 1.29 is 32.2 Å². The van der Waals surface area contributed by atoms with E-state index in [1.54, 1.807) is 11.8 Å². The molecule has 0 aliphatic carbocycles. The molecule has 1 aliphatic heterocycles. The van der Waals surface area contributed by atoms with Gasteiger partial charge in [-0.1, -0.05) is 83.6 Å². The Bertz CT molecular complexity index is 1750. The molecular weight excluding hydrogens is 593 g/mol. The van der Waals surface area contributed by atoms with Crippen molar-refractivity contribution in [3.63, 3.8) is 0 Å². The predicted octanol–water partition coefficient (Wildman–Crippen LogP) is 7.04. The number of nitrogens with zero attached hydrogens (tertiary/aromatic N) is 2. The number of thioether (sulfide) groups is 1. The number of allylic oxidation sites excluding steroid dienone is 4. The molecule has 4 aromatic rings. The van der Waals surface area contributed by atoms with Gasteiger partial charge in [0.25, 0.3) is 10.1 Å². The summed E-state index contributed by atoms with van der Waals surface area (Å²) in [6.07, 6.45) is 13.3. The van der Waals surface area contributed by atoms with Crippen molar-refractivity contribution in [2.45, 2.75) is 24.3 Å². The monoisotopic (exact) mass is 623 g/mol. The van der Waals surface area contributed by atoms with Gasteiger partial charge >= 0.3 is 0 Å². The van der Waals surface area contributed by atoms with E-state index in [4.69, 9.17) is 5.26 Å². The Kier molecular flexibility index (Phi) is 10.3. The summed E-state index contributed by atoms with van der Waals surface area (Å²) in [6.45, 7) is 1.27. The summed E-state index contributed by atoms with van der Waals surface area (Å²) in [5, 5.41) is 16.3. The maximum Gasteiger partial charge on any atom is 0.264 e. The molecule has 2 heterocycles. The molecule has 2 N–H and O–H groups in total. The van der Waals surface area contributed by atoms with Crippen LogP contribution in [0.1, 0.15) is 18.4 Å². The molecule has 0 fully saturated rings. The minimum atomic E-state index is -4.03. The van der Waals surface area contributed by atoms with Gasteiger partial charge < -0.3 is 4.90 Å². The van der Waals surface area contributed by atoms with Crippen LogP contribution in [0, 0.1) is 0 Å². The average Bonchev–Trinajstić information content (AvgIpc) is 3.34. The maximum atomic E-state index is 11.4. The van der Waals surface area contributed by atoms with E-state index in [1.165, 1.54) is 0 Å². The summed E-state index contributed by atoms with van der Waals surface area (Å²) in [4.78, 5) is 3.26. The third kappa shape index (κ3) is 7.61. The summed E-state index contributed by atoms with van der Waals surface area (Å²) in [5.41, 5.74) is 3.30. The van der Waals surface area contributed by atoms with Gasteiger partial charge in [-0.2, -0.15) is 13.0 Å². The lowest BCUT2D eigenvalue weighted by atomic mass is 10.1. The van der Waals surface area contributed by atoms with Gasteiger partial charge in [-0.3, -0.25) is 4.55 Å². The highest BCUT2D eigenvalue weighted by Crippen LogP contribution is 2.49. The molecule has 0 saturated carbocycles. The zero-order valence-electron chi connectivity index (χ0n) is 22.7. The lowest BCUT2D eigenvalue weighted by Gasteiger charge is -2.21. The summed E-state index contributed by atoms with van der Waals surface area (Å²) < 4.78 is 38.6. The van der Waals surface area contributed by atoms with E-state index >= 15 is 0 Å². The number of anilines is 1. The van der Waals surface area contributed by atoms with Crippen molar-refractivity contribution >= 4 is 67.4 Å². The highest BCUT2D eigenvalue weighted by Gasteiger charge is 2.26. The van der Waals surface area contributed by atoms with Gasteiger partial charge in [0.05, 0.1) is 21.9 Å². The number of pyridine rings is 1. The molecule has 8 nitrogen and oxygen atoms in total. The zero-order valence-corrected chi connectivity index (χ0v) is 25.2. The summed E-state index contributed by atoms with van der Waals surface area (Å²) in [7, 11) is -4.03. The molecule has 0 amide bonds. The van der Waals surface area contributed by atoms with Crippen LogP contribution in [0.25, 0.3) is 27.8 Å². The number of para-hydroxylation sites is 1. The fourth-order valence-electron chi connectivity index (χ4n) is 4.98. The summed E-state index contributed by atoms with van der Waals surface area (Å²) in [5.74, 6) is 0.401. The van der Waals surface area contributed by atoms with Crippen molar-refractivity contribution in [3.8, 4) is 0 Å². The maximum absolute atomic E-state index is 11.4. The standard InChI is InChI=1S/C31H30N2O6S3/c34-38-39-40-22-8-19-32-21-18-25(26-12-6-7-14-28(26)32)10-2-1-3-15-30-33(20-9-23-42(35,36)37)31-27-13-5-4-11-24(27)16-17-29(31)41-30/h1-7,10-18,21H,8-9,19-20,22-23H2,(H-,34,35,36,37)/p+1. The fourth-order valence-corrected chi connectivity index (χ4v) is 6.95. The van der Waals surface area contributed by atoms with E-state index in [9.17, 15) is 13.0 Å². The fraction of sp³-hybridized carbons (Fsp3) is 0.194. The molecule has 1 aliphatic rings. The molecule has 11 heteroatoms. The molecule has 0 spiro atoms. The molecule has 3 aromatic carbocycles. The largest absolute Gasteiger partial charge is 0.334 e. The lowest BCUT2D eigenvalue weighted by molar-refractivity contribution is -0.671. The molecule has 5 rings (SSSR count). The van der Waals surface area contributed by atoms with Crippen molar-refractivity contribution in [1.82, 2.24) is 0 Å². The van der Waals surface area contributed by atoms with Crippen LogP contribution in [0.2, 0.25) is 0 Å². The van der Waals surface area contributed by atoms with Crippen LogP contribution in [0.5, 0.6) is 0 Å². The lowest BCUT2D eigenvalue weighted by Crippen LogP contribution is -2.34. The summed E-state index contributed by atoms with van der Waals surface area (Å²) >= 11 is 2.71. The van der Waals surface area contributed by atoms with Gasteiger partial charge in [-0.25, -0.2) is 5.26 Å². The Morgan fingerprint density at radius 3 is 2.60 bits per heavy atom. The highest BCUT2D eigenvalue weighted by molar-refractivity contribution is 8.03. The van der Waals surface area contributed by atoms with Crippen LogP contribution in [0.4, 0.5) is 5.69 Å². The van der Waals surface area contributed by atoms with E-state index < -0.39 is 10.1 Å². The van der Waals surface area contributed by atoms with Crippen LogP contribution in [-0.2, 0) is 26.0 Å². The third-order valence-electron chi connectivity index (χ3n) is 6.80. The van der Waals surface area contributed by atoms with Crippen molar-refractivity contribution in [2.75, 3.05) is 23.0 Å². The van der Waals surface area contributed by atoms with Crippen LogP contribution >= 0.6 is 23.8 Å². The first-order valence-electron chi connectivity index (χ1n) is 13.4. The Balaban J connectivity index is 1.33. The molecule has 0 bridgehead atoms. The Labute approximate surface area is 253 Å². The second kappa shape index (κ2) is 14.3. The number of aryl methyl sites for hydroxylation is 1. The molecule has 218 valence electrons. The predicted molar refractivity (Wildman–Crippen MR) is 170 cm³/mol. The SMILES string of the molecule is O=S(=O)(O)CCCN1/C(=C/C=C/C=C/c2cc[n+](CCCSOOO)c3ccccc23)Sc2ccc3ccccc3c21. The second-order valence-electron chi connectivity index (χ2n) is 9.58. The van der Waals surface area contributed by atoms with Gasteiger partial charge in [-0.15, -0.1) is 4.33 Å². The molecule has 0 unspecified atom stereocenters. The molecule has 42 heavy (non-hydrogen) atoms. The van der Waals surface area contributed by atoms with Gasteiger partial charge in [-0.05, 0) is 35.6 Å². The van der Waals surface area contributed by atoms with Gasteiger partial charge in [0, 0.05) is 53.2 Å². The van der Waals surface area contributed by atoms with Crippen LogP contribution in [0.15, 0.2) is 107 Å².